The van der Waals surface area contributed by atoms with Crippen LogP contribution in [0.2, 0.25) is 0 Å². The standard InChI is InChI=1S/C19H19F2N3/c1-13(23-11-10-14-6-2-3-7-15(14)12-23)18-22-16-8-4-5-9-17(16)24(18)19(20)21/h2-9,13,19H,10-12H2,1H3/t13-/m1/s1. The van der Waals surface area contributed by atoms with Gasteiger partial charge in [0.2, 0.25) is 0 Å². The second kappa shape index (κ2) is 5.98. The number of rotatable bonds is 3. The molecule has 1 atom stereocenters. The van der Waals surface area contributed by atoms with E-state index in [0.29, 0.717) is 16.9 Å². The van der Waals surface area contributed by atoms with Crippen molar-refractivity contribution in [3.05, 3.63) is 65.5 Å². The van der Waals surface area contributed by atoms with Gasteiger partial charge in [0, 0.05) is 13.1 Å². The predicted molar refractivity (Wildman–Crippen MR) is 90.0 cm³/mol. The number of hydrogen-bond donors (Lipinski definition) is 0. The zero-order chi connectivity index (χ0) is 16.7. The molecular formula is C19H19F2N3. The van der Waals surface area contributed by atoms with E-state index in [1.54, 1.807) is 18.2 Å². The molecule has 1 aliphatic rings. The van der Waals surface area contributed by atoms with Crippen LogP contribution < -0.4 is 0 Å². The molecule has 0 bridgehead atoms. The highest BCUT2D eigenvalue weighted by molar-refractivity contribution is 5.76. The molecule has 0 N–H and O–H groups in total. The van der Waals surface area contributed by atoms with E-state index in [-0.39, 0.29) is 6.04 Å². The van der Waals surface area contributed by atoms with Crippen LogP contribution in [0.15, 0.2) is 48.5 Å². The molecular weight excluding hydrogens is 308 g/mol. The number of benzene rings is 2. The topological polar surface area (TPSA) is 21.1 Å². The largest absolute Gasteiger partial charge is 0.320 e. The lowest BCUT2D eigenvalue weighted by atomic mass is 9.99. The first-order valence-corrected chi connectivity index (χ1v) is 8.21. The molecule has 0 aliphatic carbocycles. The van der Waals surface area contributed by atoms with Crippen molar-refractivity contribution >= 4 is 11.0 Å². The predicted octanol–water partition coefficient (Wildman–Crippen LogP) is 4.55. The average Bonchev–Trinajstić information content (AvgIpc) is 3.00. The van der Waals surface area contributed by atoms with Gasteiger partial charge in [-0.3, -0.25) is 9.47 Å². The maximum atomic E-state index is 13.7. The summed E-state index contributed by atoms with van der Waals surface area (Å²) in [6.45, 7) is 0.995. The van der Waals surface area contributed by atoms with Crippen molar-refractivity contribution in [2.24, 2.45) is 0 Å². The van der Waals surface area contributed by atoms with Gasteiger partial charge in [0.05, 0.1) is 17.1 Å². The molecule has 2 heterocycles. The Hall–Kier alpha value is -2.27. The first-order valence-electron chi connectivity index (χ1n) is 8.21. The van der Waals surface area contributed by atoms with Crippen molar-refractivity contribution in [2.75, 3.05) is 6.54 Å². The lowest BCUT2D eigenvalue weighted by Gasteiger charge is -2.33. The summed E-state index contributed by atoms with van der Waals surface area (Å²) in [4.78, 5) is 6.73. The fourth-order valence-electron chi connectivity index (χ4n) is 3.57. The van der Waals surface area contributed by atoms with Crippen LogP contribution in [0.3, 0.4) is 0 Å². The smallest absolute Gasteiger partial charge is 0.289 e. The quantitative estimate of drug-likeness (QED) is 0.703. The zero-order valence-electron chi connectivity index (χ0n) is 13.5. The van der Waals surface area contributed by atoms with Gasteiger partial charge < -0.3 is 0 Å². The second-order valence-corrected chi connectivity index (χ2v) is 6.27. The van der Waals surface area contributed by atoms with Crippen molar-refractivity contribution in [1.82, 2.24) is 14.5 Å². The van der Waals surface area contributed by atoms with E-state index in [0.717, 1.165) is 24.1 Å². The summed E-state index contributed by atoms with van der Waals surface area (Å²) in [5.74, 6) is 0.436. The number of fused-ring (bicyclic) bond motifs is 2. The summed E-state index contributed by atoms with van der Waals surface area (Å²) in [6, 6.07) is 15.3. The summed E-state index contributed by atoms with van der Waals surface area (Å²) < 4.78 is 28.4. The molecule has 0 radical (unpaired) electrons. The first-order chi connectivity index (χ1) is 11.6. The Morgan fingerprint density at radius 3 is 2.50 bits per heavy atom. The van der Waals surface area contributed by atoms with Crippen LogP contribution >= 0.6 is 0 Å². The Morgan fingerprint density at radius 2 is 1.71 bits per heavy atom. The number of aromatic nitrogens is 2. The van der Waals surface area contributed by atoms with Crippen molar-refractivity contribution in [2.45, 2.75) is 32.5 Å². The SMILES string of the molecule is C[C@H](c1nc2ccccc2n1C(F)F)N1CCc2ccccc2C1. The van der Waals surface area contributed by atoms with Crippen molar-refractivity contribution in [3.63, 3.8) is 0 Å². The minimum atomic E-state index is -2.59. The molecule has 0 spiro atoms. The molecule has 0 unspecified atom stereocenters. The third-order valence-corrected chi connectivity index (χ3v) is 4.90. The van der Waals surface area contributed by atoms with Crippen LogP contribution in [0.25, 0.3) is 11.0 Å². The Labute approximate surface area is 139 Å². The molecule has 24 heavy (non-hydrogen) atoms. The Morgan fingerprint density at radius 1 is 1.00 bits per heavy atom. The highest BCUT2D eigenvalue weighted by Crippen LogP contribution is 2.32. The maximum absolute atomic E-state index is 13.7. The molecule has 0 saturated carbocycles. The lowest BCUT2D eigenvalue weighted by molar-refractivity contribution is 0.0635. The van der Waals surface area contributed by atoms with Crippen molar-refractivity contribution < 1.29 is 8.78 Å². The van der Waals surface area contributed by atoms with Gasteiger partial charge in [-0.25, -0.2) is 4.98 Å². The van der Waals surface area contributed by atoms with Crippen molar-refractivity contribution in [3.8, 4) is 0 Å². The number of imidazole rings is 1. The van der Waals surface area contributed by atoms with Crippen molar-refractivity contribution in [1.29, 1.82) is 0 Å². The van der Waals surface area contributed by atoms with Gasteiger partial charge in [-0.1, -0.05) is 36.4 Å². The summed E-state index contributed by atoms with van der Waals surface area (Å²) in [6.07, 6.45) is 0.940. The van der Waals surface area contributed by atoms with Gasteiger partial charge >= 0.3 is 6.55 Å². The highest BCUT2D eigenvalue weighted by Gasteiger charge is 2.27. The molecule has 124 valence electrons. The van der Waals surface area contributed by atoms with Crippen LogP contribution in [-0.4, -0.2) is 21.0 Å². The Kier molecular flexibility index (Phi) is 3.81. The van der Waals surface area contributed by atoms with Crippen LogP contribution in [0, 0.1) is 0 Å². The third kappa shape index (κ3) is 2.49. The molecule has 0 saturated heterocycles. The molecule has 0 fully saturated rings. The fourth-order valence-corrected chi connectivity index (χ4v) is 3.57. The van der Waals surface area contributed by atoms with Crippen LogP contribution in [0.5, 0.6) is 0 Å². The number of hydrogen-bond acceptors (Lipinski definition) is 2. The first kappa shape index (κ1) is 15.3. The molecule has 1 aromatic heterocycles. The molecule has 3 nitrogen and oxygen atoms in total. The molecule has 0 amide bonds. The summed E-state index contributed by atoms with van der Waals surface area (Å²) in [5, 5.41) is 0. The van der Waals surface area contributed by atoms with Crippen LogP contribution in [0.4, 0.5) is 8.78 Å². The molecule has 5 heteroatoms. The van der Waals surface area contributed by atoms with Gasteiger partial charge in [-0.2, -0.15) is 8.78 Å². The highest BCUT2D eigenvalue weighted by atomic mass is 19.3. The van der Waals surface area contributed by atoms with E-state index in [1.165, 1.54) is 11.1 Å². The molecule has 4 rings (SSSR count). The minimum absolute atomic E-state index is 0.167. The van der Waals surface area contributed by atoms with Gasteiger partial charge in [-0.05, 0) is 36.6 Å². The molecule has 1 aliphatic heterocycles. The van der Waals surface area contributed by atoms with E-state index in [2.05, 4.69) is 22.0 Å². The van der Waals surface area contributed by atoms with E-state index in [9.17, 15) is 8.78 Å². The Bertz CT molecular complexity index is 872. The normalized spacial score (nSPS) is 16.5. The van der Waals surface area contributed by atoms with E-state index >= 15 is 0 Å². The van der Waals surface area contributed by atoms with Gasteiger partial charge in [0.1, 0.15) is 5.82 Å². The maximum Gasteiger partial charge on any atom is 0.320 e. The molecule has 2 aromatic carbocycles. The number of halogens is 2. The molecule has 3 aromatic rings. The monoisotopic (exact) mass is 327 g/mol. The fraction of sp³-hybridized carbons (Fsp3) is 0.316. The number of alkyl halides is 2. The summed E-state index contributed by atoms with van der Waals surface area (Å²) >= 11 is 0. The summed E-state index contributed by atoms with van der Waals surface area (Å²) in [7, 11) is 0. The Balaban J connectivity index is 1.71. The van der Waals surface area contributed by atoms with Crippen LogP contribution in [0.1, 0.15) is 36.5 Å². The summed E-state index contributed by atoms with van der Waals surface area (Å²) in [5.41, 5.74) is 3.74. The van der Waals surface area contributed by atoms with Gasteiger partial charge in [0.15, 0.2) is 0 Å². The van der Waals surface area contributed by atoms with E-state index in [1.807, 2.05) is 25.1 Å². The van der Waals surface area contributed by atoms with Gasteiger partial charge in [-0.15, -0.1) is 0 Å². The number of para-hydroxylation sites is 2. The lowest BCUT2D eigenvalue weighted by Crippen LogP contribution is -2.34. The van der Waals surface area contributed by atoms with E-state index < -0.39 is 6.55 Å². The third-order valence-electron chi connectivity index (χ3n) is 4.90. The van der Waals surface area contributed by atoms with E-state index in [4.69, 9.17) is 0 Å². The zero-order valence-corrected chi connectivity index (χ0v) is 13.5. The second-order valence-electron chi connectivity index (χ2n) is 6.27. The van der Waals surface area contributed by atoms with Gasteiger partial charge in [0.25, 0.3) is 0 Å². The average molecular weight is 327 g/mol. The number of nitrogens with zero attached hydrogens (tertiary/aromatic N) is 3. The minimum Gasteiger partial charge on any atom is -0.289 e. The van der Waals surface area contributed by atoms with Crippen LogP contribution in [-0.2, 0) is 13.0 Å².